The molecule has 0 aliphatic heterocycles. The molecule has 3 aromatic heterocycles. The Kier molecular flexibility index (Phi) is 7.63. The molecule has 0 spiro atoms. The second-order valence-electron chi connectivity index (χ2n) is 8.42. The van der Waals surface area contributed by atoms with Crippen LogP contribution in [-0.4, -0.2) is 66.1 Å². The first-order valence-corrected chi connectivity index (χ1v) is 11.9. The van der Waals surface area contributed by atoms with Gasteiger partial charge in [-0.15, -0.1) is 5.10 Å². The van der Waals surface area contributed by atoms with Gasteiger partial charge in [0.15, 0.2) is 11.5 Å². The SMILES string of the molecule is BC(B)(B)N(SC)c1ccc(-c2nnn(C)c2NC(=O)O[C@H](C)c2cccnc2Cl)nc1C. The van der Waals surface area contributed by atoms with Crippen molar-refractivity contribution in [1.82, 2.24) is 25.0 Å². The van der Waals surface area contributed by atoms with Crippen molar-refractivity contribution in [3.8, 4) is 11.4 Å². The van der Waals surface area contributed by atoms with Crippen LogP contribution >= 0.6 is 23.5 Å². The average Bonchev–Trinajstić information content (AvgIpc) is 3.09. The minimum atomic E-state index is -0.663. The predicted molar refractivity (Wildman–Crippen MR) is 141 cm³/mol. The molecule has 0 fully saturated rings. The van der Waals surface area contributed by atoms with E-state index < -0.39 is 12.2 Å². The number of rotatable bonds is 7. The number of nitrogens with zero attached hydrogens (tertiary/aromatic N) is 6. The van der Waals surface area contributed by atoms with Crippen LogP contribution < -0.4 is 9.62 Å². The van der Waals surface area contributed by atoms with Crippen molar-refractivity contribution in [3.63, 3.8) is 0 Å². The van der Waals surface area contributed by atoms with Crippen LogP contribution in [0.25, 0.3) is 11.4 Å². The molecule has 33 heavy (non-hydrogen) atoms. The number of amides is 1. The Hall–Kier alpha value is -2.66. The van der Waals surface area contributed by atoms with Crippen molar-refractivity contribution >= 4 is 64.7 Å². The molecule has 170 valence electrons. The van der Waals surface area contributed by atoms with E-state index in [-0.39, 0.29) is 10.4 Å². The fourth-order valence-electron chi connectivity index (χ4n) is 3.36. The average molecular weight is 483 g/mol. The summed E-state index contributed by atoms with van der Waals surface area (Å²) >= 11 is 7.74. The van der Waals surface area contributed by atoms with Gasteiger partial charge in [-0.25, -0.2) is 19.4 Å². The summed E-state index contributed by atoms with van der Waals surface area (Å²) in [5, 5.41) is 11.2. The second kappa shape index (κ2) is 10.1. The third-order valence-electron chi connectivity index (χ3n) is 4.87. The van der Waals surface area contributed by atoms with Gasteiger partial charge in [0.25, 0.3) is 0 Å². The molecule has 9 nitrogen and oxygen atoms in total. The number of hydrogen-bond acceptors (Lipinski definition) is 8. The monoisotopic (exact) mass is 483 g/mol. The molecule has 0 aromatic carbocycles. The number of nitrogens with one attached hydrogen (secondary N) is 1. The molecule has 1 atom stereocenters. The fraction of sp³-hybridized carbons (Fsp3) is 0.316. The molecule has 0 saturated carbocycles. The van der Waals surface area contributed by atoms with Gasteiger partial charge in [0.1, 0.15) is 34.8 Å². The Bertz CT molecular complexity index is 1160. The maximum absolute atomic E-state index is 12.6. The van der Waals surface area contributed by atoms with E-state index in [2.05, 4.69) is 48.5 Å². The Balaban J connectivity index is 1.83. The van der Waals surface area contributed by atoms with Crippen LogP contribution in [0.3, 0.4) is 0 Å². The first kappa shape index (κ1) is 25.0. The topological polar surface area (TPSA) is 98.1 Å². The largest absolute Gasteiger partial charge is 0.441 e. The van der Waals surface area contributed by atoms with E-state index in [4.69, 9.17) is 21.3 Å². The van der Waals surface area contributed by atoms with Gasteiger partial charge in [-0.3, -0.25) is 5.32 Å². The van der Waals surface area contributed by atoms with E-state index >= 15 is 0 Å². The van der Waals surface area contributed by atoms with Crippen molar-refractivity contribution in [2.24, 2.45) is 7.05 Å². The third-order valence-corrected chi connectivity index (χ3v) is 6.29. The number of ether oxygens (including phenoxy) is 1. The molecule has 0 aliphatic carbocycles. The molecule has 0 aliphatic rings. The van der Waals surface area contributed by atoms with Crippen molar-refractivity contribution in [2.75, 3.05) is 15.9 Å². The maximum atomic E-state index is 12.6. The normalized spacial score (nSPS) is 12.3. The second-order valence-corrected chi connectivity index (χ2v) is 9.50. The van der Waals surface area contributed by atoms with Crippen LogP contribution in [0.4, 0.5) is 16.3 Å². The Morgan fingerprint density at radius 3 is 2.67 bits per heavy atom. The summed E-state index contributed by atoms with van der Waals surface area (Å²) in [4.78, 5) is 21.4. The summed E-state index contributed by atoms with van der Waals surface area (Å²) in [6.07, 6.45) is 2.36. The highest BCUT2D eigenvalue weighted by Crippen LogP contribution is 2.32. The summed E-state index contributed by atoms with van der Waals surface area (Å²) in [7, 11) is 8.12. The molecule has 1 N–H and O–H groups in total. The van der Waals surface area contributed by atoms with E-state index in [0.29, 0.717) is 22.8 Å². The molecule has 1 amide bonds. The van der Waals surface area contributed by atoms with E-state index in [1.54, 1.807) is 44.2 Å². The highest BCUT2D eigenvalue weighted by atomic mass is 35.5. The van der Waals surface area contributed by atoms with Gasteiger partial charge in [-0.1, -0.05) is 34.8 Å². The lowest BCUT2D eigenvalue weighted by Crippen LogP contribution is -2.47. The number of aryl methyl sites for hydroxylation is 2. The number of carbonyl (C=O) groups is 1. The Morgan fingerprint density at radius 2 is 2.06 bits per heavy atom. The van der Waals surface area contributed by atoms with E-state index in [1.807, 2.05) is 25.3 Å². The van der Waals surface area contributed by atoms with Gasteiger partial charge in [-0.05, 0) is 37.3 Å². The number of halogens is 1. The minimum absolute atomic E-state index is 0.0791. The zero-order valence-electron chi connectivity index (χ0n) is 19.8. The van der Waals surface area contributed by atoms with Crippen molar-refractivity contribution < 1.29 is 9.53 Å². The molecule has 0 bridgehead atoms. The van der Waals surface area contributed by atoms with E-state index in [9.17, 15) is 4.79 Å². The highest BCUT2D eigenvalue weighted by Gasteiger charge is 2.25. The molecule has 0 saturated heterocycles. The first-order chi connectivity index (χ1) is 15.5. The van der Waals surface area contributed by atoms with Gasteiger partial charge in [-0.2, -0.15) is 0 Å². The zero-order valence-corrected chi connectivity index (χ0v) is 21.3. The summed E-state index contributed by atoms with van der Waals surface area (Å²) in [6.45, 7) is 3.67. The summed E-state index contributed by atoms with van der Waals surface area (Å²) in [5.74, 6) is 0.377. The molecular weight excluding hydrogens is 458 g/mol. The van der Waals surface area contributed by atoms with Crippen LogP contribution in [0.1, 0.15) is 24.3 Å². The Labute approximate surface area is 205 Å². The molecule has 0 unspecified atom stereocenters. The number of carbonyl (C=O) groups excluding carboxylic acids is 1. The minimum Gasteiger partial charge on any atom is -0.441 e. The predicted octanol–water partition coefficient (Wildman–Crippen LogP) is 1.14. The smallest absolute Gasteiger partial charge is 0.413 e. The number of pyridine rings is 2. The highest BCUT2D eigenvalue weighted by molar-refractivity contribution is 8.00. The van der Waals surface area contributed by atoms with E-state index in [1.165, 1.54) is 4.68 Å². The van der Waals surface area contributed by atoms with Crippen LogP contribution in [-0.2, 0) is 11.8 Å². The first-order valence-electron chi connectivity index (χ1n) is 10.3. The van der Waals surface area contributed by atoms with Gasteiger partial charge >= 0.3 is 6.09 Å². The maximum Gasteiger partial charge on any atom is 0.413 e. The summed E-state index contributed by atoms with van der Waals surface area (Å²) in [6, 6.07) is 7.37. The van der Waals surface area contributed by atoms with E-state index in [0.717, 1.165) is 11.4 Å². The van der Waals surface area contributed by atoms with Gasteiger partial charge < -0.3 is 9.04 Å². The number of aromatic nitrogens is 5. The molecule has 3 rings (SSSR count). The van der Waals surface area contributed by atoms with Gasteiger partial charge in [0.05, 0.1) is 17.1 Å². The fourth-order valence-corrected chi connectivity index (χ4v) is 4.57. The third kappa shape index (κ3) is 5.65. The van der Waals surface area contributed by atoms with Crippen LogP contribution in [0, 0.1) is 6.92 Å². The lowest BCUT2D eigenvalue weighted by Gasteiger charge is -2.36. The van der Waals surface area contributed by atoms with Crippen molar-refractivity contribution in [2.45, 2.75) is 25.2 Å². The molecular formula is C19H25B3ClN7O2S. The molecule has 0 radical (unpaired) electrons. The number of hydrogen-bond donors (Lipinski definition) is 1. The summed E-state index contributed by atoms with van der Waals surface area (Å²) in [5.41, 5.74) is 3.51. The van der Waals surface area contributed by atoms with Gasteiger partial charge in [0, 0.05) is 25.1 Å². The standard InChI is InChI=1S/C19H25B3ClN7O2S/c1-10-14(30(33-4)19(20,21)22)8-7-13(25-10)15-17(29(3)28-27-15)26-18(31)32-11(2)12-6-5-9-24-16(12)23/h5-9,11H,20-22H2,1-4H3,(H,26,31)/t11-/m1/s1. The molecule has 3 aromatic rings. The van der Waals surface area contributed by atoms with Crippen molar-refractivity contribution in [3.05, 3.63) is 46.9 Å². The Morgan fingerprint density at radius 1 is 1.33 bits per heavy atom. The molecule has 14 heteroatoms. The lowest BCUT2D eigenvalue weighted by atomic mass is 9.49. The van der Waals surface area contributed by atoms with Gasteiger partial charge in [0.2, 0.25) is 0 Å². The quantitative estimate of drug-likeness (QED) is 0.304. The molecule has 3 heterocycles. The zero-order chi connectivity index (χ0) is 24.3. The van der Waals surface area contributed by atoms with Crippen LogP contribution in [0.15, 0.2) is 30.5 Å². The van der Waals surface area contributed by atoms with Crippen LogP contribution in [0.2, 0.25) is 5.15 Å². The lowest BCUT2D eigenvalue weighted by molar-refractivity contribution is 0.121. The van der Waals surface area contributed by atoms with Crippen LogP contribution in [0.5, 0.6) is 0 Å². The summed E-state index contributed by atoms with van der Waals surface area (Å²) < 4.78 is 9.16. The number of anilines is 2. The van der Waals surface area contributed by atoms with Crippen molar-refractivity contribution in [1.29, 1.82) is 0 Å².